The molecule has 3 nitrogen and oxygen atoms in total. The van der Waals surface area contributed by atoms with Gasteiger partial charge < -0.3 is 9.84 Å². The van der Waals surface area contributed by atoms with E-state index in [0.29, 0.717) is 6.42 Å². The summed E-state index contributed by atoms with van der Waals surface area (Å²) in [7, 11) is 0. The highest BCUT2D eigenvalue weighted by atomic mass is 16.6. The van der Waals surface area contributed by atoms with Crippen molar-refractivity contribution in [3.63, 3.8) is 0 Å². The van der Waals surface area contributed by atoms with Gasteiger partial charge in [0.2, 0.25) is 0 Å². The minimum atomic E-state index is -0.308. The molecule has 0 aromatic heterocycles. The molecule has 1 N–H and O–H groups in total. The van der Waals surface area contributed by atoms with Crippen molar-refractivity contribution in [1.82, 2.24) is 0 Å². The number of allylic oxidation sites excluding steroid dienone is 1. The van der Waals surface area contributed by atoms with Crippen LogP contribution in [0.1, 0.15) is 33.6 Å². The monoisotopic (exact) mass is 210 g/mol. The number of carbonyl (C=O) groups excluding carboxylic acids is 1. The second kappa shape index (κ2) is 3.16. The fourth-order valence-corrected chi connectivity index (χ4v) is 2.71. The van der Waals surface area contributed by atoms with E-state index in [9.17, 15) is 9.90 Å². The van der Waals surface area contributed by atoms with Crippen LogP contribution in [0.15, 0.2) is 12.2 Å². The molecule has 1 heterocycles. The Kier molecular flexibility index (Phi) is 2.28. The largest absolute Gasteiger partial charge is 0.393 e. The average molecular weight is 210 g/mol. The summed E-state index contributed by atoms with van der Waals surface area (Å²) in [6.07, 6.45) is 4.70. The minimum absolute atomic E-state index is 0.0422. The zero-order chi connectivity index (χ0) is 11.3. The molecule has 15 heavy (non-hydrogen) atoms. The summed E-state index contributed by atoms with van der Waals surface area (Å²) in [5.41, 5.74) is -0.404. The lowest BCUT2D eigenvalue weighted by Gasteiger charge is -2.36. The van der Waals surface area contributed by atoms with Crippen LogP contribution in [0.5, 0.6) is 0 Å². The van der Waals surface area contributed by atoms with E-state index in [1.54, 1.807) is 6.08 Å². The molecule has 2 rings (SSSR count). The molecule has 2 aliphatic rings. The SMILES string of the molecule is CC(=O)/C=C/[C@]12O[C@H]1C[C@@H](O)CC2(C)C. The third kappa shape index (κ3) is 1.64. The van der Waals surface area contributed by atoms with Gasteiger partial charge in [-0.3, -0.25) is 4.79 Å². The van der Waals surface area contributed by atoms with Gasteiger partial charge in [-0.15, -0.1) is 0 Å². The summed E-state index contributed by atoms with van der Waals surface area (Å²) >= 11 is 0. The average Bonchev–Trinajstić information content (AvgIpc) is 2.75. The second-order valence-corrected chi connectivity index (χ2v) is 5.32. The van der Waals surface area contributed by atoms with E-state index in [4.69, 9.17) is 4.74 Å². The summed E-state index contributed by atoms with van der Waals surface area (Å²) in [5, 5.41) is 9.66. The predicted octanol–water partition coefficient (Wildman–Crippen LogP) is 1.45. The molecule has 1 aliphatic heterocycles. The van der Waals surface area contributed by atoms with Gasteiger partial charge in [0.15, 0.2) is 5.78 Å². The Morgan fingerprint density at radius 3 is 2.73 bits per heavy atom. The number of rotatable bonds is 2. The first-order chi connectivity index (χ1) is 6.87. The molecule has 0 amide bonds. The molecule has 0 unspecified atom stereocenters. The topological polar surface area (TPSA) is 49.8 Å². The Morgan fingerprint density at radius 1 is 1.53 bits per heavy atom. The molecule has 1 saturated carbocycles. The van der Waals surface area contributed by atoms with Crippen LogP contribution >= 0.6 is 0 Å². The van der Waals surface area contributed by atoms with Crippen molar-refractivity contribution in [3.05, 3.63) is 12.2 Å². The maximum absolute atomic E-state index is 10.9. The number of ketones is 1. The number of epoxide rings is 1. The van der Waals surface area contributed by atoms with Crippen molar-refractivity contribution in [3.8, 4) is 0 Å². The second-order valence-electron chi connectivity index (χ2n) is 5.32. The third-order valence-corrected chi connectivity index (χ3v) is 3.61. The minimum Gasteiger partial charge on any atom is -0.393 e. The van der Waals surface area contributed by atoms with Crippen LogP contribution in [0, 0.1) is 5.41 Å². The van der Waals surface area contributed by atoms with Crippen LogP contribution in [-0.2, 0) is 9.53 Å². The van der Waals surface area contributed by atoms with Gasteiger partial charge in [-0.25, -0.2) is 0 Å². The molecule has 0 aromatic carbocycles. The molecule has 1 aliphatic carbocycles. The van der Waals surface area contributed by atoms with Crippen molar-refractivity contribution in [2.75, 3.05) is 0 Å². The van der Waals surface area contributed by atoms with Gasteiger partial charge in [-0.05, 0) is 25.5 Å². The molecule has 3 heteroatoms. The molecule has 2 fully saturated rings. The number of fused-ring (bicyclic) bond motifs is 1. The van der Waals surface area contributed by atoms with E-state index in [-0.39, 0.29) is 29.0 Å². The molecular weight excluding hydrogens is 192 g/mol. The molecule has 84 valence electrons. The normalized spacial score (nSPS) is 42.7. The molecule has 0 radical (unpaired) electrons. The maximum Gasteiger partial charge on any atom is 0.152 e. The molecule has 1 saturated heterocycles. The number of aliphatic hydroxyl groups is 1. The lowest BCUT2D eigenvalue weighted by atomic mass is 9.67. The van der Waals surface area contributed by atoms with Crippen molar-refractivity contribution in [2.45, 2.75) is 51.4 Å². The van der Waals surface area contributed by atoms with Crippen LogP contribution < -0.4 is 0 Å². The fraction of sp³-hybridized carbons (Fsp3) is 0.750. The van der Waals surface area contributed by atoms with Crippen LogP contribution in [0.25, 0.3) is 0 Å². The third-order valence-electron chi connectivity index (χ3n) is 3.61. The number of aliphatic hydroxyl groups excluding tert-OH is 1. The van der Waals surface area contributed by atoms with E-state index in [1.165, 1.54) is 6.92 Å². The first kappa shape index (κ1) is 10.8. The molecule has 0 spiro atoms. The molecule has 0 aromatic rings. The zero-order valence-corrected chi connectivity index (χ0v) is 9.49. The highest BCUT2D eigenvalue weighted by Crippen LogP contribution is 2.58. The van der Waals surface area contributed by atoms with Crippen LogP contribution in [0.3, 0.4) is 0 Å². The maximum atomic E-state index is 10.9. The lowest BCUT2D eigenvalue weighted by Crippen LogP contribution is -2.41. The first-order valence-corrected chi connectivity index (χ1v) is 5.43. The van der Waals surface area contributed by atoms with Gasteiger partial charge >= 0.3 is 0 Å². The van der Waals surface area contributed by atoms with E-state index in [1.807, 2.05) is 6.08 Å². The van der Waals surface area contributed by atoms with E-state index < -0.39 is 0 Å². The van der Waals surface area contributed by atoms with Crippen molar-refractivity contribution >= 4 is 5.78 Å². The number of hydrogen-bond acceptors (Lipinski definition) is 3. The van der Waals surface area contributed by atoms with Crippen LogP contribution in [0.2, 0.25) is 0 Å². The smallest absolute Gasteiger partial charge is 0.152 e. The van der Waals surface area contributed by atoms with Crippen molar-refractivity contribution in [2.24, 2.45) is 5.41 Å². The summed E-state index contributed by atoms with van der Waals surface area (Å²) in [6, 6.07) is 0. The van der Waals surface area contributed by atoms with Gasteiger partial charge in [0.1, 0.15) is 5.60 Å². The first-order valence-electron chi connectivity index (χ1n) is 5.43. The highest BCUT2D eigenvalue weighted by molar-refractivity contribution is 5.87. The van der Waals surface area contributed by atoms with Gasteiger partial charge in [0.05, 0.1) is 12.2 Å². The number of hydrogen-bond donors (Lipinski definition) is 1. The van der Waals surface area contributed by atoms with Crippen molar-refractivity contribution < 1.29 is 14.6 Å². The number of carbonyl (C=O) groups is 1. The lowest BCUT2D eigenvalue weighted by molar-refractivity contribution is -0.112. The molecule has 0 bridgehead atoms. The van der Waals surface area contributed by atoms with Crippen molar-refractivity contribution in [1.29, 1.82) is 0 Å². The fourth-order valence-electron chi connectivity index (χ4n) is 2.71. The Bertz CT molecular complexity index is 319. The van der Waals surface area contributed by atoms with Crippen LogP contribution in [0.4, 0.5) is 0 Å². The Morgan fingerprint density at radius 2 is 2.20 bits per heavy atom. The van der Waals surface area contributed by atoms with E-state index in [2.05, 4.69) is 13.8 Å². The summed E-state index contributed by atoms with van der Waals surface area (Å²) in [5.74, 6) is 0.0422. The van der Waals surface area contributed by atoms with Crippen LogP contribution in [-0.4, -0.2) is 28.7 Å². The summed E-state index contributed by atoms with van der Waals surface area (Å²) in [4.78, 5) is 10.9. The van der Waals surface area contributed by atoms with E-state index >= 15 is 0 Å². The van der Waals surface area contributed by atoms with E-state index in [0.717, 1.165) is 6.42 Å². The molecule has 3 atom stereocenters. The van der Waals surface area contributed by atoms with Gasteiger partial charge in [0.25, 0.3) is 0 Å². The zero-order valence-electron chi connectivity index (χ0n) is 9.49. The Balaban J connectivity index is 2.20. The Hall–Kier alpha value is -0.670. The standard InChI is InChI=1S/C12H18O3/c1-8(13)4-5-12-10(15-12)6-9(14)7-11(12,2)3/h4-5,9-10,14H,6-7H2,1-3H3/b5-4+/t9-,10+,12+/m1/s1. The quantitative estimate of drug-likeness (QED) is 0.554. The Labute approximate surface area is 90.1 Å². The predicted molar refractivity (Wildman–Crippen MR) is 56.4 cm³/mol. The molecular formula is C12H18O3. The summed E-state index contributed by atoms with van der Waals surface area (Å²) < 4.78 is 5.70. The number of ether oxygens (including phenoxy) is 1. The van der Waals surface area contributed by atoms with Gasteiger partial charge in [-0.2, -0.15) is 0 Å². The summed E-state index contributed by atoms with van der Waals surface area (Å²) in [6.45, 7) is 5.70. The highest BCUT2D eigenvalue weighted by Gasteiger charge is 2.66. The van der Waals surface area contributed by atoms with Gasteiger partial charge in [-0.1, -0.05) is 13.8 Å². The van der Waals surface area contributed by atoms with Gasteiger partial charge in [0, 0.05) is 11.8 Å².